The van der Waals surface area contributed by atoms with E-state index in [4.69, 9.17) is 22.4 Å². The van der Waals surface area contributed by atoms with E-state index in [9.17, 15) is 0 Å². The molecule has 0 radical (unpaired) electrons. The maximum atomic E-state index is 6.35. The minimum atomic E-state index is 0.411. The zero-order valence-corrected chi connectivity index (χ0v) is 18.3. The van der Waals surface area contributed by atoms with Gasteiger partial charge in [0, 0.05) is 29.5 Å². The van der Waals surface area contributed by atoms with Gasteiger partial charge in [-0.25, -0.2) is 0 Å². The first-order valence-electron chi connectivity index (χ1n) is 11.0. The van der Waals surface area contributed by atoms with Crippen LogP contribution in [0, 0.1) is 0 Å². The van der Waals surface area contributed by atoms with E-state index >= 15 is 0 Å². The second kappa shape index (κ2) is 10.5. The highest BCUT2D eigenvalue weighted by molar-refractivity contribution is 6.31. The third kappa shape index (κ3) is 5.00. The zero-order chi connectivity index (χ0) is 19.9. The first-order valence-corrected chi connectivity index (χ1v) is 11.4. The lowest BCUT2D eigenvalue weighted by Crippen LogP contribution is -2.36. The fourth-order valence-corrected chi connectivity index (χ4v) is 4.67. The van der Waals surface area contributed by atoms with Crippen LogP contribution in [0.3, 0.4) is 0 Å². The number of aromatic nitrogens is 2. The highest BCUT2D eigenvalue weighted by Crippen LogP contribution is 2.31. The van der Waals surface area contributed by atoms with Crippen LogP contribution in [0.25, 0.3) is 10.9 Å². The van der Waals surface area contributed by atoms with Gasteiger partial charge < -0.3 is 15.5 Å². The molecule has 0 spiro atoms. The van der Waals surface area contributed by atoms with E-state index in [1.165, 1.54) is 37.9 Å². The molecule has 0 bridgehead atoms. The van der Waals surface area contributed by atoms with Gasteiger partial charge in [-0.15, -0.1) is 0 Å². The van der Waals surface area contributed by atoms with E-state index < -0.39 is 0 Å². The molecule has 156 valence electrons. The Balaban J connectivity index is 1.82. The summed E-state index contributed by atoms with van der Waals surface area (Å²) in [4.78, 5) is 5.01. The van der Waals surface area contributed by atoms with Gasteiger partial charge in [-0.1, -0.05) is 24.9 Å². The topological polar surface area (TPSA) is 50.3 Å². The Morgan fingerprint density at radius 3 is 2.64 bits per heavy atom. The molecular formula is C22H36ClN5. The largest absolute Gasteiger partial charge is 0.352 e. The number of rotatable bonds is 10. The molecule has 1 fully saturated rings. The van der Waals surface area contributed by atoms with Crippen LogP contribution in [0.2, 0.25) is 5.02 Å². The predicted molar refractivity (Wildman–Crippen MR) is 120 cm³/mol. The number of aryl methyl sites for hydroxylation is 1. The van der Waals surface area contributed by atoms with Crippen LogP contribution >= 0.6 is 11.6 Å². The number of hydrogen-bond acceptors (Lipinski definition) is 4. The highest BCUT2D eigenvalue weighted by Gasteiger charge is 2.22. The minimum Gasteiger partial charge on any atom is -0.352 e. The molecule has 28 heavy (non-hydrogen) atoms. The molecule has 3 rings (SSSR count). The lowest BCUT2D eigenvalue weighted by molar-refractivity contribution is 0.222. The molecule has 2 aromatic rings. The minimum absolute atomic E-state index is 0.411. The van der Waals surface area contributed by atoms with Gasteiger partial charge in [-0.3, -0.25) is 4.68 Å². The maximum Gasteiger partial charge on any atom is 0.158 e. The summed E-state index contributed by atoms with van der Waals surface area (Å²) in [5.74, 6) is 1.05. The molecule has 1 atom stereocenters. The van der Waals surface area contributed by atoms with Crippen LogP contribution in [0.15, 0.2) is 18.2 Å². The van der Waals surface area contributed by atoms with E-state index in [0.29, 0.717) is 12.6 Å². The first kappa shape index (κ1) is 21.4. The number of benzene rings is 1. The van der Waals surface area contributed by atoms with Crippen molar-refractivity contribution >= 4 is 28.3 Å². The monoisotopic (exact) mass is 405 g/mol. The molecule has 1 saturated heterocycles. The summed E-state index contributed by atoms with van der Waals surface area (Å²) >= 11 is 6.35. The summed E-state index contributed by atoms with van der Waals surface area (Å²) in [6, 6.07) is 6.57. The van der Waals surface area contributed by atoms with Crippen molar-refractivity contribution in [3.8, 4) is 0 Å². The standard InChI is InChI=1S/C22H36ClN5/c1-3-19(11-12-24)27(4-2)22-20-17-18(23)9-10-21(20)28(25-22)16-8-15-26-13-6-5-7-14-26/h9-10,17,19H,3-8,11-16,24H2,1-2H3. The van der Waals surface area contributed by atoms with Gasteiger partial charge in [0.05, 0.1) is 5.52 Å². The number of piperidine rings is 1. The second-order valence-corrected chi connectivity index (χ2v) is 8.33. The molecule has 6 heteroatoms. The Bertz CT molecular complexity index is 738. The van der Waals surface area contributed by atoms with Crippen LogP contribution in [0.5, 0.6) is 0 Å². The Hall–Kier alpha value is -1.30. The Kier molecular flexibility index (Phi) is 8.00. The number of hydrogen-bond donors (Lipinski definition) is 1. The normalized spacial score (nSPS) is 16.6. The Morgan fingerprint density at radius 2 is 1.96 bits per heavy atom. The fraction of sp³-hybridized carbons (Fsp3) is 0.682. The lowest BCUT2D eigenvalue weighted by atomic mass is 10.1. The summed E-state index contributed by atoms with van der Waals surface area (Å²) in [7, 11) is 0. The van der Waals surface area contributed by atoms with Crippen molar-refractivity contribution in [2.24, 2.45) is 5.73 Å². The molecule has 0 amide bonds. The van der Waals surface area contributed by atoms with Crippen molar-refractivity contribution in [3.63, 3.8) is 0 Å². The number of likely N-dealkylation sites (tertiary alicyclic amines) is 1. The molecule has 1 aliphatic rings. The number of halogens is 1. The molecule has 1 unspecified atom stereocenters. The highest BCUT2D eigenvalue weighted by atomic mass is 35.5. The molecular weight excluding hydrogens is 370 g/mol. The third-order valence-electron chi connectivity index (χ3n) is 6.01. The van der Waals surface area contributed by atoms with Crippen LogP contribution in [-0.4, -0.2) is 53.4 Å². The molecule has 1 aliphatic heterocycles. The van der Waals surface area contributed by atoms with Crippen molar-refractivity contribution in [2.75, 3.05) is 37.6 Å². The van der Waals surface area contributed by atoms with Crippen molar-refractivity contribution in [1.29, 1.82) is 0 Å². The SMILES string of the molecule is CCC(CCN)N(CC)c1nn(CCCN2CCCCC2)c2ccc(Cl)cc12. The van der Waals surface area contributed by atoms with Gasteiger partial charge in [-0.2, -0.15) is 5.10 Å². The van der Waals surface area contributed by atoms with Crippen LogP contribution < -0.4 is 10.6 Å². The summed E-state index contributed by atoms with van der Waals surface area (Å²) in [6.45, 7) is 10.7. The average Bonchev–Trinajstić information content (AvgIpc) is 3.06. The number of anilines is 1. The lowest BCUT2D eigenvalue weighted by Gasteiger charge is -2.30. The Labute approximate surface area is 174 Å². The summed E-state index contributed by atoms with van der Waals surface area (Å²) in [6.07, 6.45) is 7.25. The maximum absolute atomic E-state index is 6.35. The van der Waals surface area contributed by atoms with Gasteiger partial charge in [0.2, 0.25) is 0 Å². The van der Waals surface area contributed by atoms with Crippen LogP contribution in [-0.2, 0) is 6.54 Å². The number of fused-ring (bicyclic) bond motifs is 1. The molecule has 5 nitrogen and oxygen atoms in total. The van der Waals surface area contributed by atoms with Crippen LogP contribution in [0.1, 0.15) is 52.4 Å². The summed E-state index contributed by atoms with van der Waals surface area (Å²) < 4.78 is 2.18. The van der Waals surface area contributed by atoms with Gasteiger partial charge in [-0.05, 0) is 83.4 Å². The van der Waals surface area contributed by atoms with Crippen molar-refractivity contribution in [1.82, 2.24) is 14.7 Å². The van der Waals surface area contributed by atoms with Crippen molar-refractivity contribution in [2.45, 2.75) is 65.0 Å². The molecule has 0 saturated carbocycles. The number of nitrogens with two attached hydrogens (primary N) is 1. The van der Waals surface area contributed by atoms with Gasteiger partial charge in [0.25, 0.3) is 0 Å². The molecule has 1 aromatic carbocycles. The van der Waals surface area contributed by atoms with E-state index in [1.54, 1.807) is 0 Å². The van der Waals surface area contributed by atoms with Crippen LogP contribution in [0.4, 0.5) is 5.82 Å². The predicted octanol–water partition coefficient (Wildman–Crippen LogP) is 4.52. The van der Waals surface area contributed by atoms with E-state index in [0.717, 1.165) is 55.1 Å². The Morgan fingerprint density at radius 1 is 1.18 bits per heavy atom. The average molecular weight is 406 g/mol. The first-order chi connectivity index (χ1) is 13.7. The number of nitrogens with zero attached hydrogens (tertiary/aromatic N) is 4. The summed E-state index contributed by atoms with van der Waals surface area (Å²) in [5, 5.41) is 6.98. The second-order valence-electron chi connectivity index (χ2n) is 7.89. The van der Waals surface area contributed by atoms with Gasteiger partial charge in [0.15, 0.2) is 5.82 Å². The molecule has 2 heterocycles. The van der Waals surface area contributed by atoms with Gasteiger partial charge >= 0.3 is 0 Å². The zero-order valence-electron chi connectivity index (χ0n) is 17.5. The fourth-order valence-electron chi connectivity index (χ4n) is 4.50. The molecule has 2 N–H and O–H groups in total. The third-order valence-corrected chi connectivity index (χ3v) is 6.25. The van der Waals surface area contributed by atoms with Crippen molar-refractivity contribution in [3.05, 3.63) is 23.2 Å². The van der Waals surface area contributed by atoms with Gasteiger partial charge in [0.1, 0.15) is 0 Å². The molecule has 1 aromatic heterocycles. The summed E-state index contributed by atoms with van der Waals surface area (Å²) in [5.41, 5.74) is 7.06. The molecule has 0 aliphatic carbocycles. The van der Waals surface area contributed by atoms with E-state index in [-0.39, 0.29) is 0 Å². The quantitative estimate of drug-likeness (QED) is 0.631. The van der Waals surface area contributed by atoms with E-state index in [1.807, 2.05) is 6.07 Å². The van der Waals surface area contributed by atoms with Crippen molar-refractivity contribution < 1.29 is 0 Å². The smallest absolute Gasteiger partial charge is 0.158 e. The van der Waals surface area contributed by atoms with E-state index in [2.05, 4.69) is 40.5 Å².